The van der Waals surface area contributed by atoms with E-state index in [2.05, 4.69) is 0 Å². The molecule has 116 valence electrons. The normalized spacial score (nSPS) is 14.0. The van der Waals surface area contributed by atoms with Crippen molar-refractivity contribution in [3.05, 3.63) is 59.4 Å². The number of nitrogens with zero attached hydrogens (tertiary/aromatic N) is 1. The van der Waals surface area contributed by atoms with Crippen LogP contribution >= 0.6 is 0 Å². The van der Waals surface area contributed by atoms with Gasteiger partial charge in [0.05, 0.1) is 11.4 Å². The molecule has 1 aliphatic heterocycles. The number of para-hydroxylation sites is 1. The standard InChI is InChI=1S/C14H11F3N2O2S/c15-10-5-6-11(14(17)13(10)16)18-22(20,21)19-8-7-9-3-1-2-4-12(9)19/h1-6,18H,7-8H2. The minimum absolute atomic E-state index is 0.194. The van der Waals surface area contributed by atoms with Gasteiger partial charge >= 0.3 is 10.2 Å². The minimum atomic E-state index is -4.12. The van der Waals surface area contributed by atoms with E-state index in [1.165, 1.54) is 0 Å². The van der Waals surface area contributed by atoms with Gasteiger partial charge in [-0.3, -0.25) is 9.03 Å². The van der Waals surface area contributed by atoms with Crippen LogP contribution in [0, 0.1) is 17.5 Å². The van der Waals surface area contributed by atoms with Gasteiger partial charge in [-0.15, -0.1) is 0 Å². The van der Waals surface area contributed by atoms with Crippen LogP contribution in [-0.4, -0.2) is 15.0 Å². The van der Waals surface area contributed by atoms with Crippen molar-refractivity contribution in [3.8, 4) is 0 Å². The van der Waals surface area contributed by atoms with Crippen molar-refractivity contribution in [2.45, 2.75) is 6.42 Å². The van der Waals surface area contributed by atoms with Crippen molar-refractivity contribution in [3.63, 3.8) is 0 Å². The molecule has 0 saturated carbocycles. The Labute approximate surface area is 125 Å². The van der Waals surface area contributed by atoms with Crippen LogP contribution < -0.4 is 9.03 Å². The summed E-state index contributed by atoms with van der Waals surface area (Å²) in [5, 5.41) is 0. The Morgan fingerprint density at radius 1 is 1.00 bits per heavy atom. The third-order valence-electron chi connectivity index (χ3n) is 3.41. The van der Waals surface area contributed by atoms with Gasteiger partial charge in [0.1, 0.15) is 0 Å². The summed E-state index contributed by atoms with van der Waals surface area (Å²) >= 11 is 0. The zero-order chi connectivity index (χ0) is 15.9. The van der Waals surface area contributed by atoms with Crippen molar-refractivity contribution in [1.29, 1.82) is 0 Å². The second kappa shape index (κ2) is 5.20. The number of benzene rings is 2. The summed E-state index contributed by atoms with van der Waals surface area (Å²) in [5.41, 5.74) is 0.694. The summed E-state index contributed by atoms with van der Waals surface area (Å²) in [6, 6.07) is 8.40. The molecule has 8 heteroatoms. The van der Waals surface area contributed by atoms with E-state index in [9.17, 15) is 21.6 Å². The van der Waals surface area contributed by atoms with Crippen molar-refractivity contribution < 1.29 is 21.6 Å². The molecule has 0 spiro atoms. The number of anilines is 2. The molecular weight excluding hydrogens is 317 g/mol. The van der Waals surface area contributed by atoms with Crippen LogP contribution in [0.1, 0.15) is 5.56 Å². The SMILES string of the molecule is O=S(=O)(Nc1ccc(F)c(F)c1F)N1CCc2ccccc21. The molecule has 4 nitrogen and oxygen atoms in total. The highest BCUT2D eigenvalue weighted by Crippen LogP contribution is 2.31. The van der Waals surface area contributed by atoms with E-state index < -0.39 is 33.3 Å². The highest BCUT2D eigenvalue weighted by atomic mass is 32.2. The maximum absolute atomic E-state index is 13.6. The third-order valence-corrected chi connectivity index (χ3v) is 4.85. The van der Waals surface area contributed by atoms with E-state index in [-0.39, 0.29) is 6.54 Å². The van der Waals surface area contributed by atoms with Crippen LogP contribution in [0.5, 0.6) is 0 Å². The molecular formula is C14H11F3N2O2S. The lowest BCUT2D eigenvalue weighted by atomic mass is 10.2. The monoisotopic (exact) mass is 328 g/mol. The van der Waals surface area contributed by atoms with Crippen molar-refractivity contribution in [2.75, 3.05) is 15.6 Å². The Morgan fingerprint density at radius 3 is 2.50 bits per heavy atom. The van der Waals surface area contributed by atoms with Gasteiger partial charge < -0.3 is 0 Å². The predicted molar refractivity (Wildman–Crippen MR) is 76.4 cm³/mol. The summed E-state index contributed by atoms with van der Waals surface area (Å²) in [6.07, 6.45) is 0.525. The molecule has 3 rings (SSSR count). The number of fused-ring (bicyclic) bond motifs is 1. The van der Waals surface area contributed by atoms with Crippen LogP contribution in [0.2, 0.25) is 0 Å². The van der Waals surface area contributed by atoms with E-state index in [0.29, 0.717) is 18.2 Å². The van der Waals surface area contributed by atoms with Gasteiger partial charge in [0, 0.05) is 6.54 Å². The molecule has 0 saturated heterocycles. The molecule has 1 aliphatic rings. The van der Waals surface area contributed by atoms with Crippen molar-refractivity contribution in [2.24, 2.45) is 0 Å². The van der Waals surface area contributed by atoms with Crippen LogP contribution in [-0.2, 0) is 16.6 Å². The van der Waals surface area contributed by atoms with Gasteiger partial charge in [-0.2, -0.15) is 8.42 Å². The maximum atomic E-state index is 13.6. The fourth-order valence-corrected chi connectivity index (χ4v) is 3.67. The maximum Gasteiger partial charge on any atom is 0.324 e. The first-order chi connectivity index (χ1) is 10.4. The van der Waals surface area contributed by atoms with Crippen molar-refractivity contribution in [1.82, 2.24) is 0 Å². The fraction of sp³-hybridized carbons (Fsp3) is 0.143. The minimum Gasteiger partial charge on any atom is -0.263 e. The first-order valence-electron chi connectivity index (χ1n) is 6.42. The van der Waals surface area contributed by atoms with E-state index in [4.69, 9.17) is 0 Å². The summed E-state index contributed by atoms with van der Waals surface area (Å²) < 4.78 is 67.4. The first kappa shape index (κ1) is 14.7. The predicted octanol–water partition coefficient (Wildman–Crippen LogP) is 2.82. The van der Waals surface area contributed by atoms with Crippen LogP contribution in [0.4, 0.5) is 24.5 Å². The first-order valence-corrected chi connectivity index (χ1v) is 7.86. The summed E-state index contributed by atoms with van der Waals surface area (Å²) in [6.45, 7) is 0.194. The highest BCUT2D eigenvalue weighted by molar-refractivity contribution is 7.94. The van der Waals surface area contributed by atoms with Crippen LogP contribution in [0.15, 0.2) is 36.4 Å². The molecule has 2 aromatic carbocycles. The average molecular weight is 328 g/mol. The lowest BCUT2D eigenvalue weighted by Crippen LogP contribution is -2.34. The lowest BCUT2D eigenvalue weighted by Gasteiger charge is -2.20. The Morgan fingerprint density at radius 2 is 1.73 bits per heavy atom. The third kappa shape index (κ3) is 2.39. The van der Waals surface area contributed by atoms with Crippen LogP contribution in [0.25, 0.3) is 0 Å². The number of rotatable bonds is 3. The molecule has 0 aliphatic carbocycles. The quantitative estimate of drug-likeness (QED) is 0.881. The Hall–Kier alpha value is -2.22. The molecule has 0 amide bonds. The molecule has 0 fully saturated rings. The van der Waals surface area contributed by atoms with E-state index in [1.54, 1.807) is 24.3 Å². The van der Waals surface area contributed by atoms with Crippen molar-refractivity contribution >= 4 is 21.6 Å². The Bertz CT molecular complexity index is 840. The van der Waals surface area contributed by atoms with E-state index >= 15 is 0 Å². The van der Waals surface area contributed by atoms with Gasteiger partial charge in [-0.1, -0.05) is 18.2 Å². The largest absolute Gasteiger partial charge is 0.324 e. The Kier molecular flexibility index (Phi) is 3.48. The van der Waals surface area contributed by atoms with Crippen LogP contribution in [0.3, 0.4) is 0 Å². The molecule has 0 bridgehead atoms. The summed E-state index contributed by atoms with van der Waals surface area (Å²) in [7, 11) is -4.12. The lowest BCUT2D eigenvalue weighted by molar-refractivity contribution is 0.449. The number of hydrogen-bond acceptors (Lipinski definition) is 2. The van der Waals surface area contributed by atoms with Gasteiger partial charge in [0.15, 0.2) is 17.5 Å². The molecule has 0 atom stereocenters. The van der Waals surface area contributed by atoms with Gasteiger partial charge in [0.2, 0.25) is 0 Å². The summed E-state index contributed by atoms with van der Waals surface area (Å²) in [4.78, 5) is 0. The number of nitrogens with one attached hydrogen (secondary N) is 1. The van der Waals surface area contributed by atoms with E-state index in [0.717, 1.165) is 15.9 Å². The number of hydrogen-bond donors (Lipinski definition) is 1. The average Bonchev–Trinajstić information content (AvgIpc) is 2.93. The molecule has 0 aromatic heterocycles. The molecule has 0 radical (unpaired) electrons. The van der Waals surface area contributed by atoms with E-state index in [1.807, 2.05) is 4.72 Å². The second-order valence-corrected chi connectivity index (χ2v) is 6.38. The fourth-order valence-electron chi connectivity index (χ4n) is 2.36. The summed E-state index contributed by atoms with van der Waals surface area (Å²) in [5.74, 6) is -4.68. The molecule has 2 aromatic rings. The molecule has 22 heavy (non-hydrogen) atoms. The number of halogens is 3. The zero-order valence-corrected chi connectivity index (χ0v) is 12.0. The topological polar surface area (TPSA) is 49.4 Å². The van der Waals surface area contributed by atoms with Gasteiger partial charge in [0.25, 0.3) is 0 Å². The molecule has 0 unspecified atom stereocenters. The molecule has 1 heterocycles. The highest BCUT2D eigenvalue weighted by Gasteiger charge is 2.30. The zero-order valence-electron chi connectivity index (χ0n) is 11.2. The smallest absolute Gasteiger partial charge is 0.263 e. The second-order valence-electron chi connectivity index (χ2n) is 4.78. The molecule has 1 N–H and O–H groups in total. The Balaban J connectivity index is 1.95. The van der Waals surface area contributed by atoms with Gasteiger partial charge in [-0.25, -0.2) is 13.2 Å². The van der Waals surface area contributed by atoms with Gasteiger partial charge in [-0.05, 0) is 30.2 Å².